The minimum atomic E-state index is -0.395. The molecule has 1 unspecified atom stereocenters. The Labute approximate surface area is 102 Å². The lowest BCUT2D eigenvalue weighted by molar-refractivity contribution is 0.583. The normalized spacial score (nSPS) is 24.9. The first-order valence-electron chi connectivity index (χ1n) is 6.11. The van der Waals surface area contributed by atoms with Gasteiger partial charge < -0.3 is 5.02 Å². The van der Waals surface area contributed by atoms with Crippen molar-refractivity contribution < 1.29 is 5.02 Å². The van der Waals surface area contributed by atoms with Gasteiger partial charge in [0.25, 0.3) is 0 Å². The molecule has 2 aliphatic carbocycles. The van der Waals surface area contributed by atoms with E-state index >= 15 is 0 Å². The number of rotatable bonds is 1. The van der Waals surface area contributed by atoms with Gasteiger partial charge in [0, 0.05) is 11.8 Å². The van der Waals surface area contributed by atoms with E-state index in [9.17, 15) is 5.02 Å². The van der Waals surface area contributed by atoms with Crippen LogP contribution in [-0.2, 0) is 0 Å². The number of hydrogen-bond donors (Lipinski definition) is 1. The summed E-state index contributed by atoms with van der Waals surface area (Å²) in [7, 11) is 0. The van der Waals surface area contributed by atoms with E-state index in [0.717, 1.165) is 5.47 Å². The van der Waals surface area contributed by atoms with Gasteiger partial charge in [-0.1, -0.05) is 66.9 Å². The summed E-state index contributed by atoms with van der Waals surface area (Å²) in [5, 5.41) is 12.5. The van der Waals surface area contributed by atoms with E-state index in [0.29, 0.717) is 11.8 Å². The number of benzene rings is 1. The first-order chi connectivity index (χ1) is 8.27. The summed E-state index contributed by atoms with van der Waals surface area (Å²) in [6.45, 7) is 1.47. The predicted molar refractivity (Wildman–Crippen MR) is 72.7 cm³/mol. The van der Waals surface area contributed by atoms with E-state index in [-0.39, 0.29) is 0 Å². The maximum Gasteiger partial charge on any atom is 0.317 e. The molecule has 84 valence electrons. The Morgan fingerprint density at radius 3 is 2.71 bits per heavy atom. The molecule has 3 rings (SSSR count). The van der Waals surface area contributed by atoms with E-state index in [1.165, 1.54) is 10.4 Å². The molecule has 0 aromatic heterocycles. The third-order valence-corrected chi connectivity index (χ3v) is 3.63. The van der Waals surface area contributed by atoms with Crippen LogP contribution in [0.25, 0.3) is 11.5 Å². The fourth-order valence-electron chi connectivity index (χ4n) is 2.89. The molecule has 2 atom stereocenters. The van der Waals surface area contributed by atoms with Crippen molar-refractivity contribution >= 4 is 18.5 Å². The van der Waals surface area contributed by atoms with Crippen LogP contribution in [0.2, 0.25) is 6.82 Å². The van der Waals surface area contributed by atoms with Crippen LogP contribution in [0, 0.1) is 11.8 Å². The molecule has 0 saturated carbocycles. The minimum Gasteiger partial charge on any atom is -0.447 e. The van der Waals surface area contributed by atoms with Crippen molar-refractivity contribution in [3.8, 4) is 0 Å². The van der Waals surface area contributed by atoms with Gasteiger partial charge in [0.1, 0.15) is 0 Å². The van der Waals surface area contributed by atoms with Crippen molar-refractivity contribution in [3.63, 3.8) is 0 Å². The summed E-state index contributed by atoms with van der Waals surface area (Å²) < 4.78 is 0. The maximum absolute atomic E-state index is 10.1. The molecular formula is C15H15BO. The molecule has 0 amide bonds. The number of allylic oxidation sites excluding steroid dienone is 4. The fraction of sp³-hybridized carbons (Fsp3) is 0.200. The highest BCUT2D eigenvalue weighted by Gasteiger charge is 2.28. The second-order valence-corrected chi connectivity index (χ2v) is 4.76. The van der Waals surface area contributed by atoms with Crippen LogP contribution in [0.5, 0.6) is 0 Å². The number of hydrogen-bond acceptors (Lipinski definition) is 1. The van der Waals surface area contributed by atoms with Crippen LogP contribution in [0.15, 0.2) is 48.6 Å². The Morgan fingerprint density at radius 1 is 1.12 bits per heavy atom. The summed E-state index contributed by atoms with van der Waals surface area (Å²) in [5.41, 5.74) is 1.15. The lowest BCUT2D eigenvalue weighted by Crippen LogP contribution is -2.40. The maximum atomic E-state index is 10.1. The molecule has 0 fully saturated rings. The lowest BCUT2D eigenvalue weighted by Gasteiger charge is -2.28. The zero-order chi connectivity index (χ0) is 11.8. The van der Waals surface area contributed by atoms with E-state index in [1.807, 2.05) is 12.9 Å². The standard InChI is InChI=1S/C15H15BO/c1-16(17)15-13-8-4-2-6-11(13)10-12-7-3-5-9-14(12)15/h2-11,13,17H,1H3/t11?,13-/m0/s1. The van der Waals surface area contributed by atoms with Gasteiger partial charge in [0.2, 0.25) is 0 Å². The molecule has 0 radical (unpaired) electrons. The molecule has 2 aliphatic rings. The van der Waals surface area contributed by atoms with Gasteiger partial charge in [0.05, 0.1) is 0 Å². The van der Waals surface area contributed by atoms with Crippen LogP contribution in [0.4, 0.5) is 0 Å². The van der Waals surface area contributed by atoms with Crippen LogP contribution >= 0.6 is 0 Å². The smallest absolute Gasteiger partial charge is 0.317 e. The molecular weight excluding hydrogens is 207 g/mol. The molecule has 0 aliphatic heterocycles. The van der Waals surface area contributed by atoms with Gasteiger partial charge in [-0.3, -0.25) is 0 Å². The highest BCUT2D eigenvalue weighted by Crippen LogP contribution is 2.30. The predicted octanol–water partition coefficient (Wildman–Crippen LogP) is 1.14. The van der Waals surface area contributed by atoms with Crippen LogP contribution in [0.3, 0.4) is 0 Å². The van der Waals surface area contributed by atoms with Gasteiger partial charge in [-0.15, -0.1) is 0 Å². The Balaban J connectivity index is 2.34. The van der Waals surface area contributed by atoms with Crippen LogP contribution in [0.1, 0.15) is 0 Å². The quantitative estimate of drug-likeness (QED) is 0.706. The van der Waals surface area contributed by atoms with Crippen molar-refractivity contribution in [2.45, 2.75) is 6.82 Å². The van der Waals surface area contributed by atoms with Crippen molar-refractivity contribution in [1.82, 2.24) is 0 Å². The highest BCUT2D eigenvalue weighted by molar-refractivity contribution is 6.69. The highest BCUT2D eigenvalue weighted by atomic mass is 16.2. The SMILES string of the molecule is CB(O)C1=c2ccccc2=CC2C=CC=C[C@H]12. The largest absolute Gasteiger partial charge is 0.447 e. The Morgan fingerprint density at radius 2 is 1.88 bits per heavy atom. The van der Waals surface area contributed by atoms with E-state index in [1.54, 1.807) is 0 Å². The first-order valence-corrected chi connectivity index (χ1v) is 6.11. The minimum absolute atomic E-state index is 0.315. The molecule has 2 heteroatoms. The van der Waals surface area contributed by atoms with Crippen molar-refractivity contribution in [2.24, 2.45) is 11.8 Å². The zero-order valence-electron chi connectivity index (χ0n) is 9.88. The summed E-state index contributed by atoms with van der Waals surface area (Å²) in [4.78, 5) is 0. The van der Waals surface area contributed by atoms with Gasteiger partial charge in [-0.05, 0) is 10.4 Å². The second-order valence-electron chi connectivity index (χ2n) is 4.76. The molecule has 0 spiro atoms. The third-order valence-electron chi connectivity index (χ3n) is 3.63. The van der Waals surface area contributed by atoms with Gasteiger partial charge in [-0.25, -0.2) is 0 Å². The van der Waals surface area contributed by atoms with E-state index < -0.39 is 6.92 Å². The lowest BCUT2D eigenvalue weighted by atomic mass is 9.54. The summed E-state index contributed by atoms with van der Waals surface area (Å²) >= 11 is 0. The van der Waals surface area contributed by atoms with Crippen molar-refractivity contribution in [2.75, 3.05) is 0 Å². The number of fused-ring (bicyclic) bond motifs is 2. The Hall–Kier alpha value is -1.54. The van der Waals surface area contributed by atoms with Gasteiger partial charge in [0.15, 0.2) is 0 Å². The molecule has 1 nitrogen and oxygen atoms in total. The fourth-order valence-corrected chi connectivity index (χ4v) is 2.89. The third kappa shape index (κ3) is 1.69. The second kappa shape index (κ2) is 4.04. The van der Waals surface area contributed by atoms with Gasteiger partial charge >= 0.3 is 6.92 Å². The molecule has 1 aromatic carbocycles. The topological polar surface area (TPSA) is 20.2 Å². The van der Waals surface area contributed by atoms with Crippen molar-refractivity contribution in [1.29, 1.82) is 0 Å². The summed E-state index contributed by atoms with van der Waals surface area (Å²) in [5.74, 6) is 0.703. The average molecular weight is 222 g/mol. The monoisotopic (exact) mass is 222 g/mol. The van der Waals surface area contributed by atoms with Crippen LogP contribution < -0.4 is 10.4 Å². The molecule has 0 heterocycles. The Bertz CT molecular complexity index is 610. The summed E-state index contributed by atoms with van der Waals surface area (Å²) in [6, 6.07) is 8.33. The van der Waals surface area contributed by atoms with E-state index in [2.05, 4.69) is 48.6 Å². The van der Waals surface area contributed by atoms with Crippen molar-refractivity contribution in [3.05, 3.63) is 59.0 Å². The average Bonchev–Trinajstić information content (AvgIpc) is 2.35. The molecule has 0 saturated heterocycles. The van der Waals surface area contributed by atoms with Gasteiger partial charge in [-0.2, -0.15) is 0 Å². The Kier molecular flexibility index (Phi) is 2.52. The molecule has 1 N–H and O–H groups in total. The summed E-state index contributed by atoms with van der Waals surface area (Å²) in [6.07, 6.45) is 10.9. The molecule has 17 heavy (non-hydrogen) atoms. The zero-order valence-corrected chi connectivity index (χ0v) is 9.88. The molecule has 0 bridgehead atoms. The molecule has 1 aromatic rings. The first kappa shape index (κ1) is 10.6. The van der Waals surface area contributed by atoms with Crippen LogP contribution in [-0.4, -0.2) is 11.9 Å². The van der Waals surface area contributed by atoms with E-state index in [4.69, 9.17) is 0 Å².